The summed E-state index contributed by atoms with van der Waals surface area (Å²) in [6.07, 6.45) is 1.96. The number of anilines is 1. The van der Waals surface area contributed by atoms with E-state index in [-0.39, 0.29) is 37.9 Å². The quantitative estimate of drug-likeness (QED) is 0.552. The highest BCUT2D eigenvalue weighted by atomic mass is 32.2. The van der Waals surface area contributed by atoms with Crippen LogP contribution in [-0.2, 0) is 9.59 Å². The Hall–Kier alpha value is -2.00. The largest absolute Gasteiger partial charge is 0.395 e. The number of aliphatic hydroxyl groups excluding tert-OH is 1. The molecule has 0 atom stereocenters. The SMILES string of the molecule is O=C1/C(=C\c2cccs2)SC(=S)N1CCC(=O)N(CCO)c1ccccc1. The number of rotatable bonds is 7. The van der Waals surface area contributed by atoms with Gasteiger partial charge in [-0.1, -0.05) is 48.2 Å². The normalized spacial score (nSPS) is 15.6. The minimum absolute atomic E-state index is 0.133. The summed E-state index contributed by atoms with van der Waals surface area (Å²) in [5.74, 6) is -0.328. The number of hydrogen-bond donors (Lipinski definition) is 1. The Kier molecular flexibility index (Phi) is 6.78. The van der Waals surface area contributed by atoms with Gasteiger partial charge in [-0.15, -0.1) is 11.3 Å². The standard InChI is InChI=1S/C19H18N2O3S3/c22-11-10-20(14-5-2-1-3-6-14)17(23)8-9-21-18(24)16(27-19(21)25)13-15-7-4-12-26-15/h1-7,12-13,22H,8-11H2/b16-13+. The average Bonchev–Trinajstić information content (AvgIpc) is 3.27. The molecule has 140 valence electrons. The van der Waals surface area contributed by atoms with Crippen molar-refractivity contribution in [3.63, 3.8) is 0 Å². The first-order valence-corrected chi connectivity index (χ1v) is 10.5. The highest BCUT2D eigenvalue weighted by Gasteiger charge is 2.32. The molecule has 5 nitrogen and oxygen atoms in total. The fourth-order valence-electron chi connectivity index (χ4n) is 2.64. The van der Waals surface area contributed by atoms with Crippen molar-refractivity contribution in [3.05, 3.63) is 57.6 Å². The van der Waals surface area contributed by atoms with Crippen LogP contribution in [0.25, 0.3) is 6.08 Å². The van der Waals surface area contributed by atoms with Crippen LogP contribution in [0.15, 0.2) is 52.7 Å². The van der Waals surface area contributed by atoms with E-state index in [4.69, 9.17) is 12.2 Å². The molecule has 1 aliphatic rings. The van der Waals surface area contributed by atoms with Gasteiger partial charge in [0.05, 0.1) is 11.5 Å². The molecule has 27 heavy (non-hydrogen) atoms. The van der Waals surface area contributed by atoms with Gasteiger partial charge in [0, 0.05) is 30.1 Å². The summed E-state index contributed by atoms with van der Waals surface area (Å²) in [5, 5.41) is 11.2. The Bertz CT molecular complexity index is 850. The lowest BCUT2D eigenvalue weighted by Gasteiger charge is -2.23. The van der Waals surface area contributed by atoms with Crippen molar-refractivity contribution >= 4 is 63.2 Å². The fraction of sp³-hybridized carbons (Fsp3) is 0.211. The van der Waals surface area contributed by atoms with E-state index in [0.717, 1.165) is 10.6 Å². The van der Waals surface area contributed by atoms with Crippen LogP contribution in [0.5, 0.6) is 0 Å². The molecule has 0 unspecified atom stereocenters. The van der Waals surface area contributed by atoms with E-state index >= 15 is 0 Å². The lowest BCUT2D eigenvalue weighted by atomic mass is 10.2. The van der Waals surface area contributed by atoms with Gasteiger partial charge >= 0.3 is 0 Å². The van der Waals surface area contributed by atoms with E-state index in [9.17, 15) is 14.7 Å². The maximum absolute atomic E-state index is 12.7. The molecule has 2 amide bonds. The van der Waals surface area contributed by atoms with Gasteiger partial charge in [-0.25, -0.2) is 0 Å². The number of hydrogen-bond acceptors (Lipinski definition) is 6. The highest BCUT2D eigenvalue weighted by molar-refractivity contribution is 8.26. The number of aliphatic hydroxyl groups is 1. The molecule has 1 aliphatic heterocycles. The molecule has 1 saturated heterocycles. The average molecular weight is 419 g/mol. The molecule has 1 fully saturated rings. The zero-order valence-electron chi connectivity index (χ0n) is 14.4. The second kappa shape index (κ2) is 9.27. The molecular formula is C19H18N2O3S3. The first-order chi connectivity index (χ1) is 13.1. The van der Waals surface area contributed by atoms with Crippen LogP contribution in [0.3, 0.4) is 0 Å². The molecule has 0 aliphatic carbocycles. The zero-order chi connectivity index (χ0) is 19.2. The van der Waals surface area contributed by atoms with Crippen LogP contribution in [0, 0.1) is 0 Å². The molecule has 0 radical (unpaired) electrons. The first kappa shape index (κ1) is 19.8. The monoisotopic (exact) mass is 418 g/mol. The molecule has 0 spiro atoms. The molecule has 1 aromatic carbocycles. The van der Waals surface area contributed by atoms with Gasteiger partial charge in [0.25, 0.3) is 5.91 Å². The Balaban J connectivity index is 1.65. The van der Waals surface area contributed by atoms with E-state index in [2.05, 4.69) is 0 Å². The second-order valence-electron chi connectivity index (χ2n) is 5.70. The van der Waals surface area contributed by atoms with Crippen LogP contribution in [-0.4, -0.2) is 45.8 Å². The molecule has 8 heteroatoms. The second-order valence-corrected chi connectivity index (χ2v) is 8.36. The summed E-state index contributed by atoms with van der Waals surface area (Å²) in [6, 6.07) is 13.0. The summed E-state index contributed by atoms with van der Waals surface area (Å²) in [6.45, 7) is 0.296. The number of carbonyl (C=O) groups excluding carboxylic acids is 2. The van der Waals surface area contributed by atoms with Crippen LogP contribution in [0.2, 0.25) is 0 Å². The van der Waals surface area contributed by atoms with E-state index in [1.165, 1.54) is 21.6 Å². The predicted molar refractivity (Wildman–Crippen MR) is 115 cm³/mol. The Labute approximate surface area is 171 Å². The first-order valence-electron chi connectivity index (χ1n) is 8.35. The predicted octanol–water partition coefficient (Wildman–Crippen LogP) is 3.36. The molecule has 0 saturated carbocycles. The topological polar surface area (TPSA) is 60.9 Å². The summed E-state index contributed by atoms with van der Waals surface area (Å²) in [5.41, 5.74) is 0.722. The lowest BCUT2D eigenvalue weighted by molar-refractivity contribution is -0.123. The molecule has 0 bridgehead atoms. The zero-order valence-corrected chi connectivity index (χ0v) is 16.9. The molecule has 2 aromatic rings. The summed E-state index contributed by atoms with van der Waals surface area (Å²) in [4.78, 5) is 29.8. The number of para-hydroxylation sites is 1. The Morgan fingerprint density at radius 3 is 2.67 bits per heavy atom. The summed E-state index contributed by atoms with van der Waals surface area (Å²) in [7, 11) is 0. The van der Waals surface area contributed by atoms with Crippen molar-refractivity contribution in [1.82, 2.24) is 4.90 Å². The van der Waals surface area contributed by atoms with E-state index < -0.39 is 0 Å². The summed E-state index contributed by atoms with van der Waals surface area (Å²) < 4.78 is 0.462. The molecule has 2 heterocycles. The maximum Gasteiger partial charge on any atom is 0.266 e. The van der Waals surface area contributed by atoms with E-state index in [0.29, 0.717) is 9.23 Å². The third-order valence-electron chi connectivity index (χ3n) is 3.93. The van der Waals surface area contributed by atoms with Crippen LogP contribution < -0.4 is 4.90 Å². The number of thiocarbonyl (C=S) groups is 1. The summed E-state index contributed by atoms with van der Waals surface area (Å²) >= 11 is 8.13. The van der Waals surface area contributed by atoms with Crippen molar-refractivity contribution in [2.75, 3.05) is 24.6 Å². The Morgan fingerprint density at radius 1 is 1.22 bits per heavy atom. The number of carbonyl (C=O) groups is 2. The van der Waals surface area contributed by atoms with Crippen molar-refractivity contribution < 1.29 is 14.7 Å². The molecule has 1 aromatic heterocycles. The number of thioether (sulfide) groups is 1. The van der Waals surface area contributed by atoms with Gasteiger partial charge in [0.2, 0.25) is 5.91 Å². The molecule has 3 rings (SSSR count). The highest BCUT2D eigenvalue weighted by Crippen LogP contribution is 2.33. The third-order valence-corrected chi connectivity index (χ3v) is 6.13. The van der Waals surface area contributed by atoms with Crippen molar-refractivity contribution in [2.24, 2.45) is 0 Å². The van der Waals surface area contributed by atoms with Crippen LogP contribution >= 0.6 is 35.3 Å². The van der Waals surface area contributed by atoms with Gasteiger partial charge in [-0.2, -0.15) is 0 Å². The van der Waals surface area contributed by atoms with Crippen molar-refractivity contribution in [2.45, 2.75) is 6.42 Å². The van der Waals surface area contributed by atoms with E-state index in [1.807, 2.05) is 53.9 Å². The van der Waals surface area contributed by atoms with Gasteiger partial charge in [0.15, 0.2) is 0 Å². The van der Waals surface area contributed by atoms with Gasteiger partial charge in [0.1, 0.15) is 4.32 Å². The minimum Gasteiger partial charge on any atom is -0.395 e. The smallest absolute Gasteiger partial charge is 0.266 e. The fourth-order valence-corrected chi connectivity index (χ4v) is 4.67. The Morgan fingerprint density at radius 2 is 2.00 bits per heavy atom. The number of amides is 2. The molecular weight excluding hydrogens is 400 g/mol. The third kappa shape index (κ3) is 4.84. The van der Waals surface area contributed by atoms with Crippen LogP contribution in [0.4, 0.5) is 5.69 Å². The van der Waals surface area contributed by atoms with Crippen molar-refractivity contribution in [1.29, 1.82) is 0 Å². The molecule has 1 N–H and O–H groups in total. The minimum atomic E-state index is -0.167. The van der Waals surface area contributed by atoms with Crippen LogP contribution in [0.1, 0.15) is 11.3 Å². The van der Waals surface area contributed by atoms with Gasteiger partial charge < -0.3 is 10.0 Å². The van der Waals surface area contributed by atoms with Gasteiger partial charge in [-0.3, -0.25) is 14.5 Å². The van der Waals surface area contributed by atoms with Crippen molar-refractivity contribution in [3.8, 4) is 0 Å². The number of benzene rings is 1. The van der Waals surface area contributed by atoms with E-state index in [1.54, 1.807) is 11.3 Å². The lowest BCUT2D eigenvalue weighted by Crippen LogP contribution is -2.37. The number of nitrogens with zero attached hydrogens (tertiary/aromatic N) is 2. The maximum atomic E-state index is 12.7. The van der Waals surface area contributed by atoms with Gasteiger partial charge in [-0.05, 0) is 29.7 Å². The number of thiophene rings is 1.